The molecule has 1 spiro atoms. The third-order valence-corrected chi connectivity index (χ3v) is 19.7. The Hall–Kier alpha value is -2.13. The van der Waals surface area contributed by atoms with Crippen LogP contribution in [0.25, 0.3) is 0 Å². The third-order valence-electron chi connectivity index (χ3n) is 19.7. The number of rotatable bonds is 13. The Morgan fingerprint density at radius 1 is 1.02 bits per heavy atom. The molecule has 0 aromatic heterocycles. The van der Waals surface area contributed by atoms with Crippen molar-refractivity contribution >= 4 is 5.78 Å². The monoisotopic (exact) mass is 906 g/mol. The predicted octanol–water partition coefficient (Wildman–Crippen LogP) is 5.03. The van der Waals surface area contributed by atoms with Gasteiger partial charge in [0.1, 0.15) is 6.10 Å². The number of nitrogens with one attached hydrogen (secondary N) is 2. The lowest BCUT2D eigenvalue weighted by molar-refractivity contribution is -0.222. The first-order valence-corrected chi connectivity index (χ1v) is 26.1. The molecule has 0 aromatic carbocycles. The zero-order valence-corrected chi connectivity index (χ0v) is 39.7. The Balaban J connectivity index is 1.19. The van der Waals surface area contributed by atoms with Crippen molar-refractivity contribution in [2.45, 2.75) is 197 Å². The van der Waals surface area contributed by atoms with Gasteiger partial charge in [0.15, 0.2) is 5.78 Å². The van der Waals surface area contributed by atoms with Crippen LogP contribution in [0.3, 0.4) is 0 Å². The molecular formula is C53H83N3O9. The topological polar surface area (TPSA) is 218 Å². The van der Waals surface area contributed by atoms with Crippen LogP contribution in [0, 0.1) is 64.1 Å². The van der Waals surface area contributed by atoms with Crippen LogP contribution in [0.15, 0.2) is 46.8 Å². The van der Waals surface area contributed by atoms with Crippen LogP contribution in [0.2, 0.25) is 0 Å². The van der Waals surface area contributed by atoms with E-state index < -0.39 is 70.3 Å². The number of hydrogen-bond donors (Lipinski definition) is 10. The maximum absolute atomic E-state index is 15.7. The number of Topliss-reactive ketones (excluding diaryl/α,β-unsaturated/α-hetero) is 1. The van der Waals surface area contributed by atoms with Gasteiger partial charge < -0.3 is 56.8 Å². The largest absolute Gasteiger partial charge is 0.396 e. The van der Waals surface area contributed by atoms with Crippen LogP contribution in [0.1, 0.15) is 143 Å². The van der Waals surface area contributed by atoms with Crippen LogP contribution in [0.5, 0.6) is 0 Å². The highest BCUT2D eigenvalue weighted by atomic mass is 16.5. The standard InChI is InChI=1S/C53H83N3O9/c1-5-9-31-13-17-35-30(3)48(65-41(35)19-14-31)49(62)50(4,63)42-21-22-53(64)45-44-33(26-52(42,53)34-10-6-7-11-34)16-15-32(36-18-20-43(54)56-38(36)12-8-23-57)25-51(44)27-40(60)39(59)24-37(51)47(61)46(45)55-28-29(2)58/h15-16,18,20,29-35,37,39-44,48-49,55-60,62-64H,5-14,17,19,21-28,54H2,1-4H3/t29-,30-,31+,32+,33+,35-,37-,39+,40-,41+,42+,43?,44-,48+,49+,50+,51-,52-,53+/m0/s1. The fourth-order valence-corrected chi connectivity index (χ4v) is 16.9. The molecule has 1 saturated heterocycles. The highest BCUT2D eigenvalue weighted by Gasteiger charge is 2.76. The summed E-state index contributed by atoms with van der Waals surface area (Å²) in [6.45, 7) is 8.04. The SMILES string of the molecule is CCC[C@@H]1CC[C@H]2[C@H](C)[C@H]([C@@H](O)[C@](C)(O)[C@H]3CC[C@@]4(O)C5=C(NC[C@H](C)O)C(=O)[C@@H]6C[C@@H](O)[C@@H](O)C[C@@]67C[C@H](C6=C(CCCO)NC(N)C=C6)C=C[C@H](C[C@]34C3CCCC3)[C@@H]57)O[C@@H]2CC1. The van der Waals surface area contributed by atoms with Crippen LogP contribution >= 0.6 is 0 Å². The van der Waals surface area contributed by atoms with Gasteiger partial charge in [0.2, 0.25) is 0 Å². The Bertz CT molecular complexity index is 1890. The van der Waals surface area contributed by atoms with Gasteiger partial charge in [-0.2, -0.15) is 0 Å². The van der Waals surface area contributed by atoms with Gasteiger partial charge in [0.25, 0.3) is 0 Å². The fraction of sp³-hybridized carbons (Fsp3) is 0.830. The molecule has 9 rings (SSSR count). The molecule has 0 aromatic rings. The van der Waals surface area contributed by atoms with Gasteiger partial charge in [-0.1, -0.05) is 64.2 Å². The molecule has 6 fully saturated rings. The number of aliphatic hydroxyl groups is 7. The highest BCUT2D eigenvalue weighted by molar-refractivity contribution is 6.00. The molecule has 11 N–H and O–H groups in total. The van der Waals surface area contributed by atoms with E-state index in [0.29, 0.717) is 61.6 Å². The van der Waals surface area contributed by atoms with Crippen molar-refractivity contribution in [3.63, 3.8) is 0 Å². The van der Waals surface area contributed by atoms with Gasteiger partial charge in [-0.15, -0.1) is 0 Å². The zero-order chi connectivity index (χ0) is 46.2. The Labute approximate surface area is 387 Å². The van der Waals surface area contributed by atoms with E-state index in [0.717, 1.165) is 56.2 Å². The van der Waals surface area contributed by atoms with E-state index in [4.69, 9.17) is 10.5 Å². The molecule has 5 saturated carbocycles. The van der Waals surface area contributed by atoms with E-state index in [-0.39, 0.29) is 67.7 Å². The smallest absolute Gasteiger partial charge is 0.182 e. The molecule has 19 atom stereocenters. The molecule has 65 heavy (non-hydrogen) atoms. The van der Waals surface area contributed by atoms with E-state index >= 15 is 4.79 Å². The maximum atomic E-state index is 15.7. The van der Waals surface area contributed by atoms with E-state index in [1.54, 1.807) is 13.8 Å². The minimum absolute atomic E-state index is 0.00315. The summed E-state index contributed by atoms with van der Waals surface area (Å²) in [5.41, 5.74) is 4.34. The lowest BCUT2D eigenvalue weighted by atomic mass is 9.39. The lowest BCUT2D eigenvalue weighted by Gasteiger charge is -2.66. The van der Waals surface area contributed by atoms with E-state index in [1.165, 1.54) is 19.3 Å². The highest BCUT2D eigenvalue weighted by Crippen LogP contribution is 2.76. The number of dihydropyridines is 1. The van der Waals surface area contributed by atoms with E-state index in [9.17, 15) is 35.7 Å². The summed E-state index contributed by atoms with van der Waals surface area (Å²) < 4.78 is 6.90. The number of aliphatic hydroxyl groups excluding tert-OH is 5. The van der Waals surface area contributed by atoms with Crippen LogP contribution in [-0.2, 0) is 9.53 Å². The van der Waals surface area contributed by atoms with Gasteiger partial charge in [0.05, 0.1) is 53.6 Å². The first-order chi connectivity index (χ1) is 31.0. The summed E-state index contributed by atoms with van der Waals surface area (Å²) in [7, 11) is 0. The quantitative estimate of drug-likeness (QED) is 0.110. The molecule has 12 nitrogen and oxygen atoms in total. The van der Waals surface area contributed by atoms with Crippen molar-refractivity contribution in [2.75, 3.05) is 13.2 Å². The van der Waals surface area contributed by atoms with E-state index in [1.807, 2.05) is 6.08 Å². The van der Waals surface area contributed by atoms with Crippen molar-refractivity contribution in [1.82, 2.24) is 10.6 Å². The van der Waals surface area contributed by atoms with Crippen molar-refractivity contribution < 1.29 is 45.3 Å². The minimum Gasteiger partial charge on any atom is -0.396 e. The number of ether oxygens (including phenoxy) is 1. The number of nitrogens with two attached hydrogens (primary N) is 1. The fourth-order valence-electron chi connectivity index (χ4n) is 16.9. The molecule has 0 bridgehead atoms. The molecular weight excluding hydrogens is 823 g/mol. The molecule has 0 radical (unpaired) electrons. The Morgan fingerprint density at radius 3 is 2.49 bits per heavy atom. The zero-order valence-electron chi connectivity index (χ0n) is 39.7. The molecule has 2 aliphatic heterocycles. The van der Waals surface area contributed by atoms with Crippen LogP contribution in [0.4, 0.5) is 0 Å². The minimum atomic E-state index is -1.65. The number of ketones is 1. The molecule has 7 aliphatic carbocycles. The molecule has 12 heteroatoms. The first kappa shape index (κ1) is 47.9. The van der Waals surface area contributed by atoms with Gasteiger partial charge in [-0.25, -0.2) is 0 Å². The van der Waals surface area contributed by atoms with Crippen LogP contribution in [-0.4, -0.2) is 109 Å². The number of allylic oxidation sites excluding steroid dienone is 6. The second kappa shape index (κ2) is 18.3. The third kappa shape index (κ3) is 7.78. The normalized spacial score (nSPS) is 45.8. The molecule has 9 aliphatic rings. The summed E-state index contributed by atoms with van der Waals surface area (Å²) in [6.07, 6.45) is 17.1. The number of fused-ring (bicyclic) bond motifs is 3. The van der Waals surface area contributed by atoms with Crippen molar-refractivity contribution in [2.24, 2.45) is 69.8 Å². The van der Waals surface area contributed by atoms with Gasteiger partial charge in [0, 0.05) is 36.1 Å². The number of carbonyl (C=O) groups is 1. The second-order valence-electron chi connectivity index (χ2n) is 23.2. The first-order valence-electron chi connectivity index (χ1n) is 26.1. The second-order valence-corrected chi connectivity index (χ2v) is 23.2. The van der Waals surface area contributed by atoms with E-state index in [2.05, 4.69) is 42.7 Å². The van der Waals surface area contributed by atoms with Crippen molar-refractivity contribution in [3.05, 3.63) is 46.8 Å². The van der Waals surface area contributed by atoms with Crippen LogP contribution < -0.4 is 16.4 Å². The summed E-state index contributed by atoms with van der Waals surface area (Å²) in [6, 6.07) is 0. The summed E-state index contributed by atoms with van der Waals surface area (Å²) >= 11 is 0. The van der Waals surface area contributed by atoms with Gasteiger partial charge >= 0.3 is 0 Å². The molecule has 0 amide bonds. The number of carbonyl (C=O) groups excluding carboxylic acids is 1. The van der Waals surface area contributed by atoms with Crippen molar-refractivity contribution in [3.8, 4) is 0 Å². The average molecular weight is 906 g/mol. The Morgan fingerprint density at radius 2 is 1.77 bits per heavy atom. The van der Waals surface area contributed by atoms with Crippen molar-refractivity contribution in [1.29, 1.82) is 0 Å². The molecule has 1 unspecified atom stereocenters. The van der Waals surface area contributed by atoms with Gasteiger partial charge in [-0.3, -0.25) is 4.79 Å². The van der Waals surface area contributed by atoms with Gasteiger partial charge in [-0.05, 0) is 161 Å². The lowest BCUT2D eigenvalue weighted by Crippen LogP contribution is -2.69. The summed E-state index contributed by atoms with van der Waals surface area (Å²) in [4.78, 5) is 15.7. The summed E-state index contributed by atoms with van der Waals surface area (Å²) in [5, 5.41) is 91.3. The molecule has 364 valence electrons. The predicted molar refractivity (Wildman–Crippen MR) is 248 cm³/mol. The average Bonchev–Trinajstić information content (AvgIpc) is 3.93. The number of hydrogen-bond acceptors (Lipinski definition) is 12. The maximum Gasteiger partial charge on any atom is 0.182 e. The summed E-state index contributed by atoms with van der Waals surface area (Å²) in [5.74, 6) is -1.16. The Kier molecular flexibility index (Phi) is 13.5. The molecule has 2 heterocycles.